The summed E-state index contributed by atoms with van der Waals surface area (Å²) < 4.78 is 52.1. The lowest BCUT2D eigenvalue weighted by Crippen LogP contribution is -2.53. The van der Waals surface area contributed by atoms with E-state index in [-0.39, 0.29) is 30.4 Å². The largest absolute Gasteiger partial charge is 0.496 e. The Kier molecular flexibility index (Phi) is 9.94. The van der Waals surface area contributed by atoms with Crippen LogP contribution in [0.3, 0.4) is 0 Å². The molecule has 1 aliphatic rings. The SMILES string of the molecule is COc1cccc2[nH]c(C(=O)NC(CC(C)C)C(=O)NC(CC3CCNC3=O)C(=O)COc3c(F)ccc(F)c3F)cc12. The number of rotatable bonds is 13. The maximum Gasteiger partial charge on any atom is 0.268 e. The van der Waals surface area contributed by atoms with Crippen LogP contribution in [0.15, 0.2) is 36.4 Å². The fourth-order valence-corrected chi connectivity index (χ4v) is 4.95. The number of halogens is 3. The van der Waals surface area contributed by atoms with E-state index >= 15 is 0 Å². The van der Waals surface area contributed by atoms with Crippen molar-refractivity contribution in [2.75, 3.05) is 20.3 Å². The molecule has 13 heteroatoms. The number of benzene rings is 2. The molecule has 3 amide bonds. The minimum atomic E-state index is -1.60. The summed E-state index contributed by atoms with van der Waals surface area (Å²) >= 11 is 0. The number of Topliss-reactive ketones (excluding diaryl/α,β-unsaturated/α-hetero) is 1. The smallest absolute Gasteiger partial charge is 0.268 e. The summed E-state index contributed by atoms with van der Waals surface area (Å²) in [5.41, 5.74) is 0.838. The Bertz CT molecular complexity index is 1530. The molecule has 4 N–H and O–H groups in total. The van der Waals surface area contributed by atoms with E-state index in [1.807, 2.05) is 13.8 Å². The second-order valence-corrected chi connectivity index (χ2v) is 10.8. The van der Waals surface area contributed by atoms with Crippen LogP contribution in [0, 0.1) is 29.3 Å². The normalized spacial score (nSPS) is 16.1. The number of carbonyl (C=O) groups is 4. The minimum absolute atomic E-state index is 0.0455. The highest BCUT2D eigenvalue weighted by Gasteiger charge is 2.34. The molecular weight excluding hydrogens is 569 g/mol. The van der Waals surface area contributed by atoms with E-state index in [4.69, 9.17) is 9.47 Å². The van der Waals surface area contributed by atoms with Gasteiger partial charge in [0, 0.05) is 23.4 Å². The zero-order chi connectivity index (χ0) is 31.3. The van der Waals surface area contributed by atoms with Crippen LogP contribution in [0.2, 0.25) is 0 Å². The van der Waals surface area contributed by atoms with E-state index in [0.29, 0.717) is 41.8 Å². The Morgan fingerprint density at radius 1 is 1.05 bits per heavy atom. The topological polar surface area (TPSA) is 139 Å². The van der Waals surface area contributed by atoms with Gasteiger partial charge in [0.25, 0.3) is 5.91 Å². The van der Waals surface area contributed by atoms with Crippen LogP contribution in [0.5, 0.6) is 11.5 Å². The lowest BCUT2D eigenvalue weighted by molar-refractivity contribution is -0.131. The van der Waals surface area contributed by atoms with E-state index < -0.39 is 65.4 Å². The highest BCUT2D eigenvalue weighted by Crippen LogP contribution is 2.27. The monoisotopic (exact) mass is 602 g/mol. The van der Waals surface area contributed by atoms with Gasteiger partial charge in [0.05, 0.1) is 13.2 Å². The summed E-state index contributed by atoms with van der Waals surface area (Å²) in [5, 5.41) is 8.62. The zero-order valence-electron chi connectivity index (χ0n) is 23.9. The van der Waals surface area contributed by atoms with E-state index in [1.165, 1.54) is 7.11 Å². The summed E-state index contributed by atoms with van der Waals surface area (Å²) in [6, 6.07) is 5.73. The second-order valence-electron chi connectivity index (χ2n) is 10.8. The van der Waals surface area contributed by atoms with E-state index in [0.717, 1.165) is 0 Å². The molecule has 3 aromatic rings. The molecule has 1 aliphatic heterocycles. The van der Waals surface area contributed by atoms with Crippen LogP contribution >= 0.6 is 0 Å². The van der Waals surface area contributed by atoms with Gasteiger partial charge in [0.15, 0.2) is 23.2 Å². The fourth-order valence-electron chi connectivity index (χ4n) is 4.95. The maximum atomic E-state index is 14.1. The van der Waals surface area contributed by atoms with Gasteiger partial charge < -0.3 is 30.4 Å². The van der Waals surface area contributed by atoms with Gasteiger partial charge in [0.2, 0.25) is 17.6 Å². The molecule has 1 fully saturated rings. The number of fused-ring (bicyclic) bond motifs is 1. The number of hydrogen-bond acceptors (Lipinski definition) is 6. The van der Waals surface area contributed by atoms with Crippen LogP contribution in [0.1, 0.15) is 43.6 Å². The van der Waals surface area contributed by atoms with Crippen molar-refractivity contribution in [1.82, 2.24) is 20.9 Å². The van der Waals surface area contributed by atoms with Crippen LogP contribution < -0.4 is 25.4 Å². The number of aromatic amines is 1. The molecule has 0 aliphatic carbocycles. The lowest BCUT2D eigenvalue weighted by Gasteiger charge is -2.25. The first-order valence-electron chi connectivity index (χ1n) is 13.8. The number of ether oxygens (including phenoxy) is 2. The molecule has 10 nitrogen and oxygen atoms in total. The molecule has 0 saturated carbocycles. The van der Waals surface area contributed by atoms with Gasteiger partial charge in [-0.2, -0.15) is 4.39 Å². The third-order valence-electron chi connectivity index (χ3n) is 7.17. The molecular formula is C30H33F3N4O6. The third kappa shape index (κ3) is 7.46. The molecule has 3 atom stereocenters. The zero-order valence-corrected chi connectivity index (χ0v) is 23.9. The van der Waals surface area contributed by atoms with Gasteiger partial charge in [-0.3, -0.25) is 19.2 Å². The van der Waals surface area contributed by atoms with Crippen molar-refractivity contribution >= 4 is 34.4 Å². The van der Waals surface area contributed by atoms with E-state index in [1.54, 1.807) is 24.3 Å². The first-order valence-corrected chi connectivity index (χ1v) is 13.8. The minimum Gasteiger partial charge on any atom is -0.496 e. The van der Waals surface area contributed by atoms with Crippen LogP contribution in [0.4, 0.5) is 13.2 Å². The third-order valence-corrected chi connectivity index (χ3v) is 7.17. The maximum absolute atomic E-state index is 14.1. The van der Waals surface area contributed by atoms with Gasteiger partial charge in [0.1, 0.15) is 24.1 Å². The Labute approximate surface area is 245 Å². The molecule has 230 valence electrons. The van der Waals surface area contributed by atoms with Crippen molar-refractivity contribution in [3.8, 4) is 11.5 Å². The van der Waals surface area contributed by atoms with Crippen molar-refractivity contribution < 1.29 is 41.8 Å². The Morgan fingerprint density at radius 3 is 2.47 bits per heavy atom. The number of methoxy groups -OCH3 is 1. The second kappa shape index (κ2) is 13.6. The molecule has 1 aromatic heterocycles. The number of hydrogen-bond donors (Lipinski definition) is 4. The molecule has 3 unspecified atom stereocenters. The van der Waals surface area contributed by atoms with Gasteiger partial charge in [-0.15, -0.1) is 0 Å². The van der Waals surface area contributed by atoms with E-state index in [9.17, 15) is 32.3 Å². The van der Waals surface area contributed by atoms with Crippen LogP contribution in [-0.2, 0) is 14.4 Å². The van der Waals surface area contributed by atoms with Crippen molar-refractivity contribution in [3.05, 3.63) is 59.5 Å². The number of nitrogens with one attached hydrogen (secondary N) is 4. The molecule has 2 aromatic carbocycles. The molecule has 2 heterocycles. The summed E-state index contributed by atoms with van der Waals surface area (Å²) in [6.07, 6.45) is 0.503. The number of ketones is 1. The predicted octanol–water partition coefficient (Wildman–Crippen LogP) is 3.40. The number of H-pyrrole nitrogens is 1. The number of carbonyl (C=O) groups excluding carboxylic acids is 4. The molecule has 43 heavy (non-hydrogen) atoms. The summed E-state index contributed by atoms with van der Waals surface area (Å²) in [7, 11) is 1.51. The van der Waals surface area contributed by atoms with Gasteiger partial charge in [-0.05, 0) is 55.5 Å². The van der Waals surface area contributed by atoms with Crippen LogP contribution in [0.25, 0.3) is 10.9 Å². The Hall–Kier alpha value is -4.55. The highest BCUT2D eigenvalue weighted by atomic mass is 19.2. The number of aromatic nitrogens is 1. The summed E-state index contributed by atoms with van der Waals surface area (Å²) in [4.78, 5) is 55.1. The average molecular weight is 603 g/mol. The standard InChI is InChI=1S/C30H33F3N4O6/c1-15(2)11-22(37-30(41)23-13-17-20(35-23)5-4-6-25(17)42-3)29(40)36-21(12-16-9-10-34-28(16)39)24(38)14-43-27-19(32)8-7-18(31)26(27)33/h4-8,13,15-16,21-22,35H,9-12,14H2,1-3H3,(H,34,39)(H,36,40)(H,37,41). The van der Waals surface area contributed by atoms with Crippen molar-refractivity contribution in [1.29, 1.82) is 0 Å². The van der Waals surface area contributed by atoms with Gasteiger partial charge in [-0.25, -0.2) is 8.78 Å². The molecule has 0 bridgehead atoms. The fraction of sp³-hybridized carbons (Fsp3) is 0.400. The average Bonchev–Trinajstić information content (AvgIpc) is 3.59. The summed E-state index contributed by atoms with van der Waals surface area (Å²) in [6.45, 7) is 3.17. The predicted molar refractivity (Wildman–Crippen MR) is 150 cm³/mol. The van der Waals surface area contributed by atoms with Crippen molar-refractivity contribution in [3.63, 3.8) is 0 Å². The molecule has 1 saturated heterocycles. The molecule has 0 radical (unpaired) electrons. The van der Waals surface area contributed by atoms with Crippen molar-refractivity contribution in [2.45, 2.75) is 45.2 Å². The van der Waals surface area contributed by atoms with Crippen LogP contribution in [-0.4, -0.2) is 60.8 Å². The Morgan fingerprint density at radius 2 is 1.79 bits per heavy atom. The van der Waals surface area contributed by atoms with Crippen molar-refractivity contribution in [2.24, 2.45) is 11.8 Å². The van der Waals surface area contributed by atoms with E-state index in [2.05, 4.69) is 20.9 Å². The molecule has 4 rings (SSSR count). The first-order chi connectivity index (χ1) is 20.5. The quantitative estimate of drug-likeness (QED) is 0.221. The van der Waals surface area contributed by atoms with Gasteiger partial charge >= 0.3 is 0 Å². The lowest BCUT2D eigenvalue weighted by atomic mass is 9.95. The van der Waals surface area contributed by atoms with Gasteiger partial charge in [-0.1, -0.05) is 19.9 Å². The Balaban J connectivity index is 1.52. The molecule has 0 spiro atoms. The number of amides is 3. The highest BCUT2D eigenvalue weighted by molar-refractivity contribution is 6.02. The summed E-state index contributed by atoms with van der Waals surface area (Å²) in [5.74, 6) is -7.73. The first kappa shape index (κ1) is 31.4.